The molecule has 1 aliphatic rings. The van der Waals surface area contributed by atoms with E-state index in [1.165, 1.54) is 5.56 Å². The zero-order valence-corrected chi connectivity index (χ0v) is 17.2. The fraction of sp³-hybridized carbons (Fsp3) is 0.304. The Labute approximate surface area is 174 Å². The molecule has 0 bridgehead atoms. The van der Waals surface area contributed by atoms with E-state index < -0.39 is 0 Å². The summed E-state index contributed by atoms with van der Waals surface area (Å²) in [5.74, 6) is 1.26. The van der Waals surface area contributed by atoms with Crippen molar-refractivity contribution in [2.45, 2.75) is 39.0 Å². The van der Waals surface area contributed by atoms with Gasteiger partial charge in [-0.05, 0) is 66.4 Å². The smallest absolute Gasteiger partial charge is 0.254 e. The second kappa shape index (κ2) is 9.09. The highest BCUT2D eigenvalue weighted by Crippen LogP contribution is 2.33. The molecule has 1 amide bonds. The molecular weight excluding hydrogens is 384 g/mol. The first kappa shape index (κ1) is 19.5. The van der Waals surface area contributed by atoms with E-state index in [-0.39, 0.29) is 5.91 Å². The largest absolute Gasteiger partial charge is 0.490 e. The average molecular weight is 409 g/mol. The maximum atomic E-state index is 13.2. The minimum Gasteiger partial charge on any atom is -0.490 e. The number of pyridine rings is 1. The first-order chi connectivity index (χ1) is 14.2. The summed E-state index contributed by atoms with van der Waals surface area (Å²) in [7, 11) is 0. The summed E-state index contributed by atoms with van der Waals surface area (Å²) in [5.41, 5.74) is 2.78. The van der Waals surface area contributed by atoms with E-state index in [1.54, 1.807) is 29.8 Å². The summed E-state index contributed by atoms with van der Waals surface area (Å²) >= 11 is 1.66. The Balaban J connectivity index is 1.52. The summed E-state index contributed by atoms with van der Waals surface area (Å²) in [5, 5.41) is 4.15. The van der Waals surface area contributed by atoms with Gasteiger partial charge in [-0.3, -0.25) is 9.78 Å². The van der Waals surface area contributed by atoms with E-state index in [4.69, 9.17) is 9.47 Å². The lowest BCUT2D eigenvalue weighted by atomic mass is 10.1. The molecule has 1 saturated carbocycles. The number of hydrogen-bond donors (Lipinski definition) is 0. The standard InChI is InChI=1S/C23H24N2O3S/c1-2-27-22-12-19(5-8-21(22)28-15-17-4-3-10-24-13-17)23(26)25(20-6-7-20)14-18-9-11-29-16-18/h3-5,8-13,16,20H,2,6-7,14-15H2,1H3. The summed E-state index contributed by atoms with van der Waals surface area (Å²) < 4.78 is 11.7. The third-order valence-electron chi connectivity index (χ3n) is 4.79. The van der Waals surface area contributed by atoms with Gasteiger partial charge in [0.1, 0.15) is 6.61 Å². The van der Waals surface area contributed by atoms with Crippen LogP contribution in [-0.4, -0.2) is 28.4 Å². The van der Waals surface area contributed by atoms with Gasteiger partial charge in [-0.15, -0.1) is 0 Å². The molecule has 1 aromatic carbocycles. The van der Waals surface area contributed by atoms with Gasteiger partial charge < -0.3 is 14.4 Å². The number of rotatable bonds is 9. The quantitative estimate of drug-likeness (QED) is 0.504. The third-order valence-corrected chi connectivity index (χ3v) is 5.52. The predicted molar refractivity (Wildman–Crippen MR) is 113 cm³/mol. The van der Waals surface area contributed by atoms with Crippen LogP contribution in [0.1, 0.15) is 41.3 Å². The van der Waals surface area contributed by atoms with Crippen LogP contribution in [0.2, 0.25) is 0 Å². The monoisotopic (exact) mass is 408 g/mol. The van der Waals surface area contributed by atoms with Crippen LogP contribution in [0.4, 0.5) is 0 Å². The van der Waals surface area contributed by atoms with Crippen LogP contribution in [0.25, 0.3) is 0 Å². The number of nitrogens with zero attached hydrogens (tertiary/aromatic N) is 2. The number of carbonyl (C=O) groups excluding carboxylic acids is 1. The van der Waals surface area contributed by atoms with Crippen molar-refractivity contribution in [3.63, 3.8) is 0 Å². The van der Waals surface area contributed by atoms with Gasteiger partial charge in [-0.1, -0.05) is 6.07 Å². The lowest BCUT2D eigenvalue weighted by molar-refractivity contribution is 0.0729. The zero-order valence-electron chi connectivity index (χ0n) is 16.4. The predicted octanol–water partition coefficient (Wildman–Crippen LogP) is 4.93. The van der Waals surface area contributed by atoms with Crippen LogP contribution in [0.3, 0.4) is 0 Å². The van der Waals surface area contributed by atoms with E-state index in [1.807, 2.05) is 41.5 Å². The van der Waals surface area contributed by atoms with Crippen molar-refractivity contribution >= 4 is 17.2 Å². The Bertz CT molecular complexity index is 940. The minimum absolute atomic E-state index is 0.0402. The Morgan fingerprint density at radius 3 is 2.76 bits per heavy atom. The molecule has 1 aliphatic carbocycles. The number of amides is 1. The third kappa shape index (κ3) is 4.95. The molecule has 0 aliphatic heterocycles. The number of benzene rings is 1. The second-order valence-corrected chi connectivity index (χ2v) is 7.82. The molecule has 2 heterocycles. The molecule has 6 heteroatoms. The highest BCUT2D eigenvalue weighted by molar-refractivity contribution is 7.07. The number of ether oxygens (including phenoxy) is 2. The number of thiophene rings is 1. The molecular formula is C23H24N2O3S. The van der Waals surface area contributed by atoms with E-state index in [0.29, 0.717) is 42.9 Å². The maximum Gasteiger partial charge on any atom is 0.254 e. The lowest BCUT2D eigenvalue weighted by Crippen LogP contribution is -2.32. The molecule has 0 atom stereocenters. The second-order valence-electron chi connectivity index (χ2n) is 7.04. The highest BCUT2D eigenvalue weighted by atomic mass is 32.1. The van der Waals surface area contributed by atoms with Gasteiger partial charge in [0.2, 0.25) is 0 Å². The fourth-order valence-electron chi connectivity index (χ4n) is 3.17. The zero-order chi connectivity index (χ0) is 20.1. The van der Waals surface area contributed by atoms with Crippen molar-refractivity contribution in [2.24, 2.45) is 0 Å². The first-order valence-corrected chi connectivity index (χ1v) is 10.8. The molecule has 0 spiro atoms. The summed E-state index contributed by atoms with van der Waals surface area (Å²) in [6.07, 6.45) is 5.65. The van der Waals surface area contributed by atoms with Crippen molar-refractivity contribution in [3.8, 4) is 11.5 Å². The van der Waals surface area contributed by atoms with Crippen LogP contribution in [0.5, 0.6) is 11.5 Å². The lowest BCUT2D eigenvalue weighted by Gasteiger charge is -2.23. The van der Waals surface area contributed by atoms with E-state index in [0.717, 1.165) is 18.4 Å². The van der Waals surface area contributed by atoms with Crippen molar-refractivity contribution < 1.29 is 14.3 Å². The Kier molecular flexibility index (Phi) is 6.10. The van der Waals surface area contributed by atoms with Crippen molar-refractivity contribution in [2.75, 3.05) is 6.61 Å². The molecule has 2 aromatic heterocycles. The fourth-order valence-corrected chi connectivity index (χ4v) is 3.83. The van der Waals surface area contributed by atoms with Crippen LogP contribution < -0.4 is 9.47 Å². The maximum absolute atomic E-state index is 13.2. The van der Waals surface area contributed by atoms with Gasteiger partial charge in [-0.2, -0.15) is 11.3 Å². The summed E-state index contributed by atoms with van der Waals surface area (Å²) in [6.45, 7) is 3.47. The minimum atomic E-state index is 0.0402. The molecule has 150 valence electrons. The first-order valence-electron chi connectivity index (χ1n) is 9.85. The van der Waals surface area contributed by atoms with Crippen molar-refractivity contribution in [3.05, 3.63) is 76.2 Å². The molecule has 29 heavy (non-hydrogen) atoms. The highest BCUT2D eigenvalue weighted by Gasteiger charge is 2.33. The van der Waals surface area contributed by atoms with Gasteiger partial charge in [0.25, 0.3) is 5.91 Å². The molecule has 1 fully saturated rings. The molecule has 3 aromatic rings. The number of hydrogen-bond acceptors (Lipinski definition) is 5. The van der Waals surface area contributed by atoms with Gasteiger partial charge in [0.05, 0.1) is 6.61 Å². The molecule has 0 radical (unpaired) electrons. The van der Waals surface area contributed by atoms with Crippen LogP contribution in [0, 0.1) is 0 Å². The van der Waals surface area contributed by atoms with Gasteiger partial charge in [-0.25, -0.2) is 0 Å². The van der Waals surface area contributed by atoms with Gasteiger partial charge in [0.15, 0.2) is 11.5 Å². The van der Waals surface area contributed by atoms with E-state index in [9.17, 15) is 4.79 Å². The van der Waals surface area contributed by atoms with E-state index in [2.05, 4.69) is 16.4 Å². The van der Waals surface area contributed by atoms with Crippen LogP contribution in [0.15, 0.2) is 59.6 Å². The Morgan fingerprint density at radius 1 is 1.17 bits per heavy atom. The van der Waals surface area contributed by atoms with Crippen LogP contribution >= 0.6 is 11.3 Å². The average Bonchev–Trinajstić information content (AvgIpc) is 3.47. The normalized spacial score (nSPS) is 13.1. The summed E-state index contributed by atoms with van der Waals surface area (Å²) in [6, 6.07) is 11.7. The Hall–Kier alpha value is -2.86. The number of carbonyl (C=O) groups is 1. The summed E-state index contributed by atoms with van der Waals surface area (Å²) in [4.78, 5) is 19.3. The SMILES string of the molecule is CCOc1cc(C(=O)N(Cc2ccsc2)C2CC2)ccc1OCc1cccnc1. The number of aromatic nitrogens is 1. The van der Waals surface area contributed by atoms with Crippen molar-refractivity contribution in [1.29, 1.82) is 0 Å². The van der Waals surface area contributed by atoms with E-state index >= 15 is 0 Å². The van der Waals surface area contributed by atoms with Gasteiger partial charge in [0, 0.05) is 36.1 Å². The molecule has 0 saturated heterocycles. The molecule has 0 unspecified atom stereocenters. The molecule has 4 rings (SSSR count). The topological polar surface area (TPSA) is 51.7 Å². The van der Waals surface area contributed by atoms with Crippen molar-refractivity contribution in [1.82, 2.24) is 9.88 Å². The molecule has 0 N–H and O–H groups in total. The van der Waals surface area contributed by atoms with Gasteiger partial charge >= 0.3 is 0 Å². The molecule has 5 nitrogen and oxygen atoms in total. The Morgan fingerprint density at radius 2 is 2.07 bits per heavy atom. The van der Waals surface area contributed by atoms with Crippen LogP contribution in [-0.2, 0) is 13.2 Å².